The lowest BCUT2D eigenvalue weighted by molar-refractivity contribution is -0.137. The molecule has 0 radical (unpaired) electrons. The maximum Gasteiger partial charge on any atom is 0.410 e. The van der Waals surface area contributed by atoms with Crippen molar-refractivity contribution in [2.45, 2.75) is 111 Å². The fourth-order valence-electron chi connectivity index (χ4n) is 5.24. The second kappa shape index (κ2) is 11.5. The van der Waals surface area contributed by atoms with E-state index in [1.54, 1.807) is 63.5 Å². The first kappa shape index (κ1) is 31.5. The molecule has 1 aromatic carbocycles. The Bertz CT molecular complexity index is 1130. The number of hydrogen-bond acceptors (Lipinski definition) is 5. The summed E-state index contributed by atoms with van der Waals surface area (Å²) in [7, 11) is 0. The fraction of sp³-hybridized carbons (Fsp3) is 0.690. The second-order valence-electron chi connectivity index (χ2n) is 12.5. The Morgan fingerprint density at radius 2 is 1.85 bits per heavy atom. The highest BCUT2D eigenvalue weighted by molar-refractivity contribution is 6.05. The van der Waals surface area contributed by atoms with Crippen molar-refractivity contribution in [2.24, 2.45) is 0 Å². The van der Waals surface area contributed by atoms with Crippen LogP contribution in [0.3, 0.4) is 0 Å². The highest BCUT2D eigenvalue weighted by Crippen LogP contribution is 2.41. The molecule has 0 N–H and O–H groups in total. The predicted octanol–water partition coefficient (Wildman–Crippen LogP) is 6.09. The third-order valence-corrected chi connectivity index (χ3v) is 7.03. The Hall–Kier alpha value is -2.98. The zero-order valence-electron chi connectivity index (χ0n) is 24.8. The third kappa shape index (κ3) is 7.40. The molecular formula is C29H42F3N3O5. The first-order valence-corrected chi connectivity index (χ1v) is 13.8. The monoisotopic (exact) mass is 569 g/mol. The van der Waals surface area contributed by atoms with Crippen molar-refractivity contribution in [2.75, 3.05) is 24.5 Å². The number of aryl methyl sites for hydroxylation is 1. The highest BCUT2D eigenvalue weighted by atomic mass is 19.4. The largest absolute Gasteiger partial charge is 0.476 e. The van der Waals surface area contributed by atoms with Crippen molar-refractivity contribution < 1.29 is 37.0 Å². The molecule has 2 aliphatic rings. The van der Waals surface area contributed by atoms with Crippen LogP contribution in [-0.4, -0.2) is 76.8 Å². The number of rotatable bonds is 6. The number of nitrogens with zero attached hydrogens (tertiary/aromatic N) is 3. The van der Waals surface area contributed by atoms with Crippen molar-refractivity contribution in [3.8, 4) is 5.75 Å². The molecule has 0 spiro atoms. The van der Waals surface area contributed by atoms with Crippen molar-refractivity contribution in [1.29, 1.82) is 0 Å². The van der Waals surface area contributed by atoms with Crippen molar-refractivity contribution in [3.05, 3.63) is 23.3 Å². The first-order valence-electron chi connectivity index (χ1n) is 13.8. The average molecular weight is 570 g/mol. The fourth-order valence-corrected chi connectivity index (χ4v) is 5.24. The van der Waals surface area contributed by atoms with E-state index in [9.17, 15) is 27.6 Å². The van der Waals surface area contributed by atoms with Gasteiger partial charge in [0.05, 0.1) is 11.7 Å². The van der Waals surface area contributed by atoms with Gasteiger partial charge in [-0.2, -0.15) is 13.2 Å². The number of likely N-dealkylation sites (tertiary alicyclic amines) is 1. The van der Waals surface area contributed by atoms with Crippen LogP contribution in [0.25, 0.3) is 0 Å². The number of carbonyl (C=O) groups excluding carboxylic acids is 3. The van der Waals surface area contributed by atoms with Gasteiger partial charge >= 0.3 is 12.3 Å². The molecule has 0 aromatic heterocycles. The first-order chi connectivity index (χ1) is 18.3. The van der Waals surface area contributed by atoms with Crippen molar-refractivity contribution in [1.82, 2.24) is 9.80 Å². The number of halogens is 3. The normalized spacial score (nSPS) is 19.3. The summed E-state index contributed by atoms with van der Waals surface area (Å²) < 4.78 is 50.1. The molecule has 1 atom stereocenters. The summed E-state index contributed by atoms with van der Waals surface area (Å²) in [6, 6.07) is 2.76. The topological polar surface area (TPSA) is 79.4 Å². The van der Waals surface area contributed by atoms with E-state index in [4.69, 9.17) is 9.47 Å². The Morgan fingerprint density at radius 1 is 1.20 bits per heavy atom. The van der Waals surface area contributed by atoms with Crippen LogP contribution < -0.4 is 9.64 Å². The molecular weight excluding hydrogens is 527 g/mol. The molecule has 3 rings (SSSR count). The van der Waals surface area contributed by atoms with Gasteiger partial charge in [0.25, 0.3) is 11.8 Å². The maximum atomic E-state index is 14.1. The van der Waals surface area contributed by atoms with Gasteiger partial charge in [0.15, 0.2) is 5.60 Å². The number of alkyl halides is 3. The van der Waals surface area contributed by atoms with Crippen LogP contribution in [0.2, 0.25) is 0 Å². The number of fused-ring (bicyclic) bond motifs is 1. The summed E-state index contributed by atoms with van der Waals surface area (Å²) in [5, 5.41) is 0. The lowest BCUT2D eigenvalue weighted by atomic mass is 9.97. The summed E-state index contributed by atoms with van der Waals surface area (Å²) >= 11 is 0. The molecule has 0 unspecified atom stereocenters. The predicted molar refractivity (Wildman–Crippen MR) is 146 cm³/mol. The third-order valence-electron chi connectivity index (χ3n) is 7.03. The number of benzene rings is 1. The molecule has 2 heterocycles. The van der Waals surface area contributed by atoms with Gasteiger partial charge in [0.2, 0.25) is 0 Å². The van der Waals surface area contributed by atoms with Gasteiger partial charge in [0.1, 0.15) is 11.4 Å². The molecule has 11 heteroatoms. The van der Waals surface area contributed by atoms with E-state index in [1.165, 1.54) is 4.90 Å². The smallest absolute Gasteiger partial charge is 0.410 e. The summed E-state index contributed by atoms with van der Waals surface area (Å²) in [5.74, 6) is -0.403. The van der Waals surface area contributed by atoms with E-state index in [1.807, 2.05) is 13.8 Å². The lowest BCUT2D eigenvalue weighted by Crippen LogP contribution is -2.55. The van der Waals surface area contributed by atoms with E-state index in [-0.39, 0.29) is 36.6 Å². The van der Waals surface area contributed by atoms with Gasteiger partial charge in [-0.1, -0.05) is 0 Å². The van der Waals surface area contributed by atoms with Gasteiger partial charge in [-0.15, -0.1) is 0 Å². The number of amides is 3. The van der Waals surface area contributed by atoms with Gasteiger partial charge < -0.3 is 24.2 Å². The van der Waals surface area contributed by atoms with E-state index in [0.29, 0.717) is 42.8 Å². The summed E-state index contributed by atoms with van der Waals surface area (Å²) in [4.78, 5) is 44.7. The molecule has 1 aromatic rings. The zero-order chi connectivity index (χ0) is 30.2. The Balaban J connectivity index is 1.93. The van der Waals surface area contributed by atoms with Crippen LogP contribution in [0.4, 0.5) is 23.7 Å². The quantitative estimate of drug-likeness (QED) is 0.414. The molecule has 0 aliphatic carbocycles. The van der Waals surface area contributed by atoms with E-state index < -0.39 is 35.8 Å². The molecule has 1 fully saturated rings. The van der Waals surface area contributed by atoms with E-state index in [0.717, 1.165) is 0 Å². The minimum Gasteiger partial charge on any atom is -0.476 e. The van der Waals surface area contributed by atoms with E-state index in [2.05, 4.69) is 0 Å². The second-order valence-corrected chi connectivity index (χ2v) is 12.5. The van der Waals surface area contributed by atoms with Crippen LogP contribution >= 0.6 is 0 Å². The molecule has 1 saturated heterocycles. The average Bonchev–Trinajstić information content (AvgIpc) is 2.79. The Kier molecular flexibility index (Phi) is 9.06. The van der Waals surface area contributed by atoms with Crippen LogP contribution in [-0.2, 0) is 9.53 Å². The molecule has 8 nitrogen and oxygen atoms in total. The number of ether oxygens (including phenoxy) is 2. The standard InChI is InChI=1S/C29H42F3N3O5/c1-18(2)35(20-11-9-13-33(17-20)26(38)40-27(4,5)6)24(36)21-16-22-23(15-19(21)3)39-28(7,8)25(37)34(22)14-10-12-29(30,31)32/h15-16,18,20H,9-14,17H2,1-8H3/t20-/m1/s1. The molecule has 224 valence electrons. The number of piperidine rings is 1. The summed E-state index contributed by atoms with van der Waals surface area (Å²) in [6.45, 7) is 14.8. The van der Waals surface area contributed by atoms with Crippen LogP contribution in [0.15, 0.2) is 12.1 Å². The zero-order valence-corrected chi connectivity index (χ0v) is 24.8. The molecule has 2 aliphatic heterocycles. The van der Waals surface area contributed by atoms with E-state index >= 15 is 0 Å². The van der Waals surface area contributed by atoms with Gasteiger partial charge in [-0.05, 0) is 92.3 Å². The number of hydrogen-bond donors (Lipinski definition) is 0. The Morgan fingerprint density at radius 3 is 2.42 bits per heavy atom. The molecule has 3 amide bonds. The number of anilines is 1. The van der Waals surface area contributed by atoms with Crippen molar-refractivity contribution >= 4 is 23.6 Å². The summed E-state index contributed by atoms with van der Waals surface area (Å²) in [5.41, 5.74) is -0.672. The van der Waals surface area contributed by atoms with Crippen molar-refractivity contribution in [3.63, 3.8) is 0 Å². The molecule has 0 bridgehead atoms. The molecule has 40 heavy (non-hydrogen) atoms. The maximum absolute atomic E-state index is 14.1. The summed E-state index contributed by atoms with van der Waals surface area (Å²) in [6.07, 6.45) is -4.66. The van der Waals surface area contributed by atoms with Crippen LogP contribution in [0.1, 0.15) is 90.1 Å². The van der Waals surface area contributed by atoms with Crippen LogP contribution in [0.5, 0.6) is 5.75 Å². The van der Waals surface area contributed by atoms with Gasteiger partial charge in [-0.25, -0.2) is 4.79 Å². The van der Waals surface area contributed by atoms with Crippen LogP contribution in [0, 0.1) is 6.92 Å². The lowest BCUT2D eigenvalue weighted by Gasteiger charge is -2.42. The highest BCUT2D eigenvalue weighted by Gasteiger charge is 2.42. The van der Waals surface area contributed by atoms with Gasteiger partial charge in [-0.3, -0.25) is 9.59 Å². The minimum atomic E-state index is -4.34. The Labute approximate surface area is 234 Å². The number of carbonyl (C=O) groups is 3. The molecule has 0 saturated carbocycles. The SMILES string of the molecule is Cc1cc2c(cc1C(=O)N(C(C)C)[C@@H]1CCCN(C(=O)OC(C)(C)C)C1)N(CCCC(F)(F)F)C(=O)C(C)(C)O2. The minimum absolute atomic E-state index is 0.157. The van der Waals surface area contributed by atoms with Gasteiger partial charge in [0, 0.05) is 37.7 Å².